The van der Waals surface area contributed by atoms with Crippen molar-refractivity contribution in [1.29, 1.82) is 0 Å². The molecule has 0 saturated carbocycles. The Labute approximate surface area is 190 Å². The molecule has 0 aliphatic carbocycles. The van der Waals surface area contributed by atoms with Crippen LogP contribution in [0.4, 0.5) is 5.13 Å². The summed E-state index contributed by atoms with van der Waals surface area (Å²) in [4.78, 5) is 26.6. The van der Waals surface area contributed by atoms with Crippen molar-refractivity contribution in [1.82, 2.24) is 15.0 Å². The highest BCUT2D eigenvalue weighted by atomic mass is 32.2. The van der Waals surface area contributed by atoms with Gasteiger partial charge in [-0.3, -0.25) is 4.79 Å². The summed E-state index contributed by atoms with van der Waals surface area (Å²) in [5, 5.41) is 6.04. The van der Waals surface area contributed by atoms with E-state index in [-0.39, 0.29) is 11.2 Å². The molecule has 5 nitrogen and oxygen atoms in total. The smallest absolute Gasteiger partial charge is 0.239 e. The van der Waals surface area contributed by atoms with E-state index in [2.05, 4.69) is 20.3 Å². The lowest BCUT2D eigenvalue weighted by atomic mass is 10.1. The van der Waals surface area contributed by atoms with Crippen molar-refractivity contribution in [2.45, 2.75) is 30.5 Å². The third-order valence-corrected chi connectivity index (χ3v) is 6.65. The molecule has 0 saturated heterocycles. The van der Waals surface area contributed by atoms with E-state index in [1.807, 2.05) is 86.0 Å². The van der Waals surface area contributed by atoms with Crippen molar-refractivity contribution < 1.29 is 4.79 Å². The predicted octanol–water partition coefficient (Wildman–Crippen LogP) is 6.08. The van der Waals surface area contributed by atoms with Crippen molar-refractivity contribution in [2.75, 3.05) is 5.32 Å². The quantitative estimate of drug-likeness (QED) is 0.275. The summed E-state index contributed by atoms with van der Waals surface area (Å²) in [6, 6.07) is 21.9. The van der Waals surface area contributed by atoms with E-state index in [0.29, 0.717) is 17.4 Å². The van der Waals surface area contributed by atoms with E-state index in [4.69, 9.17) is 0 Å². The minimum atomic E-state index is -0.276. The molecule has 2 aromatic heterocycles. The molecule has 1 N–H and O–H groups in total. The molecule has 0 aliphatic heterocycles. The molecule has 2 heterocycles. The van der Waals surface area contributed by atoms with Gasteiger partial charge in [0.05, 0.1) is 16.6 Å². The molecule has 0 fully saturated rings. The number of amides is 1. The SMILES string of the molecule is CCC(Sc1cc(-c2ccccc2)nc(C)n1)C(=O)Nc1nc(-c2ccccc2)cs1. The lowest BCUT2D eigenvalue weighted by Gasteiger charge is -2.14. The first kappa shape index (κ1) is 21.2. The molecule has 0 spiro atoms. The molecule has 1 amide bonds. The van der Waals surface area contributed by atoms with Crippen molar-refractivity contribution in [2.24, 2.45) is 0 Å². The van der Waals surface area contributed by atoms with Crippen LogP contribution in [0.15, 0.2) is 77.1 Å². The highest BCUT2D eigenvalue weighted by molar-refractivity contribution is 8.00. The van der Waals surface area contributed by atoms with E-state index in [1.165, 1.54) is 23.1 Å². The molecule has 1 atom stereocenters. The Morgan fingerprint density at radius 3 is 2.26 bits per heavy atom. The van der Waals surface area contributed by atoms with E-state index < -0.39 is 0 Å². The maximum absolute atomic E-state index is 12.9. The summed E-state index contributed by atoms with van der Waals surface area (Å²) in [5.41, 5.74) is 3.79. The minimum Gasteiger partial charge on any atom is -0.301 e. The van der Waals surface area contributed by atoms with Crippen molar-refractivity contribution in [3.05, 3.63) is 77.9 Å². The third kappa shape index (κ3) is 5.37. The van der Waals surface area contributed by atoms with Crippen LogP contribution in [0.3, 0.4) is 0 Å². The first-order valence-electron chi connectivity index (χ1n) is 10.0. The van der Waals surface area contributed by atoms with Crippen LogP contribution < -0.4 is 5.32 Å². The number of carbonyl (C=O) groups excluding carboxylic acids is 1. The highest BCUT2D eigenvalue weighted by Gasteiger charge is 2.21. The summed E-state index contributed by atoms with van der Waals surface area (Å²) in [5.74, 6) is 0.616. The molecule has 2 aromatic carbocycles. The van der Waals surface area contributed by atoms with Crippen LogP contribution in [-0.4, -0.2) is 26.1 Å². The molecule has 31 heavy (non-hydrogen) atoms. The van der Waals surface area contributed by atoms with Crippen LogP contribution in [-0.2, 0) is 4.79 Å². The minimum absolute atomic E-state index is 0.0704. The van der Waals surface area contributed by atoms with Gasteiger partial charge in [-0.05, 0) is 19.4 Å². The number of benzene rings is 2. The van der Waals surface area contributed by atoms with Crippen molar-refractivity contribution >= 4 is 34.1 Å². The molecule has 1 unspecified atom stereocenters. The normalized spacial score (nSPS) is 11.8. The van der Waals surface area contributed by atoms with Gasteiger partial charge in [-0.15, -0.1) is 11.3 Å². The number of thioether (sulfide) groups is 1. The first-order valence-corrected chi connectivity index (χ1v) is 11.8. The second-order valence-corrected chi connectivity index (χ2v) is 8.99. The van der Waals surface area contributed by atoms with Gasteiger partial charge >= 0.3 is 0 Å². The highest BCUT2D eigenvalue weighted by Crippen LogP contribution is 2.29. The first-order chi connectivity index (χ1) is 15.1. The van der Waals surface area contributed by atoms with Crippen molar-refractivity contribution in [3.8, 4) is 22.5 Å². The molecular formula is C24H22N4OS2. The number of rotatable bonds is 7. The Bertz CT molecular complexity index is 1160. The van der Waals surface area contributed by atoms with Gasteiger partial charge in [-0.2, -0.15) is 0 Å². The fourth-order valence-electron chi connectivity index (χ4n) is 3.08. The Kier molecular flexibility index (Phi) is 6.74. The Hall–Kier alpha value is -3.03. The summed E-state index contributed by atoms with van der Waals surface area (Å²) in [7, 11) is 0. The number of hydrogen-bond donors (Lipinski definition) is 1. The number of nitrogens with zero attached hydrogens (tertiary/aromatic N) is 3. The summed E-state index contributed by atoms with van der Waals surface area (Å²) >= 11 is 2.89. The van der Waals surface area contributed by atoms with E-state index in [0.717, 1.165) is 27.5 Å². The molecule has 0 radical (unpaired) electrons. The topological polar surface area (TPSA) is 67.8 Å². The zero-order valence-electron chi connectivity index (χ0n) is 17.3. The molecular weight excluding hydrogens is 424 g/mol. The summed E-state index contributed by atoms with van der Waals surface area (Å²) in [6.07, 6.45) is 0.678. The Morgan fingerprint density at radius 2 is 1.61 bits per heavy atom. The zero-order chi connectivity index (χ0) is 21.6. The molecule has 7 heteroatoms. The standard InChI is InChI=1S/C24H22N4OS2/c1-3-21(23(29)28-24-27-20(15-30-24)18-12-8-5-9-13-18)31-22-14-19(25-16(2)26-22)17-10-6-4-7-11-17/h4-15,21H,3H2,1-2H3,(H,27,28,29). The van der Waals surface area contributed by atoms with Gasteiger partial charge in [0.1, 0.15) is 10.9 Å². The number of anilines is 1. The lowest BCUT2D eigenvalue weighted by molar-refractivity contribution is -0.115. The maximum atomic E-state index is 12.9. The Morgan fingerprint density at radius 1 is 0.968 bits per heavy atom. The van der Waals surface area contributed by atoms with Crippen LogP contribution in [0.5, 0.6) is 0 Å². The molecule has 4 aromatic rings. The lowest BCUT2D eigenvalue weighted by Crippen LogP contribution is -2.24. The summed E-state index contributed by atoms with van der Waals surface area (Å²) in [6.45, 7) is 3.87. The maximum Gasteiger partial charge on any atom is 0.239 e. The van der Waals surface area contributed by atoms with Gasteiger partial charge in [0.15, 0.2) is 5.13 Å². The fraction of sp³-hybridized carbons (Fsp3) is 0.167. The number of aromatic nitrogens is 3. The van der Waals surface area contributed by atoms with Gasteiger partial charge in [0, 0.05) is 16.5 Å². The van der Waals surface area contributed by atoms with Crippen LogP contribution >= 0.6 is 23.1 Å². The zero-order valence-corrected chi connectivity index (χ0v) is 18.9. The van der Waals surface area contributed by atoms with Crippen LogP contribution in [0.2, 0.25) is 0 Å². The fourth-order valence-corrected chi connectivity index (χ4v) is 4.80. The van der Waals surface area contributed by atoms with Crippen LogP contribution in [0, 0.1) is 6.92 Å². The van der Waals surface area contributed by atoms with Gasteiger partial charge in [0.2, 0.25) is 5.91 Å². The third-order valence-electron chi connectivity index (χ3n) is 4.61. The predicted molar refractivity (Wildman–Crippen MR) is 128 cm³/mol. The van der Waals surface area contributed by atoms with Gasteiger partial charge in [-0.25, -0.2) is 15.0 Å². The van der Waals surface area contributed by atoms with Crippen molar-refractivity contribution in [3.63, 3.8) is 0 Å². The molecule has 0 aliphatic rings. The summed E-state index contributed by atoms with van der Waals surface area (Å²) < 4.78 is 0. The molecule has 156 valence electrons. The van der Waals surface area contributed by atoms with E-state index in [1.54, 1.807) is 0 Å². The number of nitrogens with one attached hydrogen (secondary N) is 1. The van der Waals surface area contributed by atoms with Gasteiger partial charge < -0.3 is 5.32 Å². The molecule has 0 bridgehead atoms. The second kappa shape index (κ2) is 9.85. The average molecular weight is 447 g/mol. The van der Waals surface area contributed by atoms with E-state index in [9.17, 15) is 4.79 Å². The van der Waals surface area contributed by atoms with Crippen LogP contribution in [0.1, 0.15) is 19.2 Å². The number of hydrogen-bond acceptors (Lipinski definition) is 6. The van der Waals surface area contributed by atoms with Crippen LogP contribution in [0.25, 0.3) is 22.5 Å². The number of carbonyl (C=O) groups is 1. The van der Waals surface area contributed by atoms with E-state index >= 15 is 0 Å². The molecule has 4 rings (SSSR count). The van der Waals surface area contributed by atoms with Gasteiger partial charge in [0.25, 0.3) is 0 Å². The second-order valence-electron chi connectivity index (χ2n) is 6.91. The average Bonchev–Trinajstić information content (AvgIpc) is 3.26. The number of aryl methyl sites for hydroxylation is 1. The van der Waals surface area contributed by atoms with Gasteiger partial charge in [-0.1, -0.05) is 79.3 Å². The Balaban J connectivity index is 1.48. The largest absolute Gasteiger partial charge is 0.301 e. The monoisotopic (exact) mass is 446 g/mol. The number of thiazole rings is 1.